The van der Waals surface area contributed by atoms with Crippen LogP contribution in [0.15, 0.2) is 83.7 Å². The van der Waals surface area contributed by atoms with E-state index in [0.29, 0.717) is 12.5 Å². The molecule has 0 aliphatic heterocycles. The molecule has 0 bridgehead atoms. The van der Waals surface area contributed by atoms with E-state index in [-0.39, 0.29) is 17.6 Å². The van der Waals surface area contributed by atoms with E-state index in [4.69, 9.17) is 5.84 Å². The maximum Gasteiger partial charge on any atom is 0.234 e. The molecule has 35 heavy (non-hydrogen) atoms. The van der Waals surface area contributed by atoms with Crippen molar-refractivity contribution in [3.8, 4) is 0 Å². The average Bonchev–Trinajstić information content (AvgIpc) is 2.85. The molecule has 1 amide bonds. The molecule has 2 aromatic carbocycles. The van der Waals surface area contributed by atoms with E-state index in [2.05, 4.69) is 38.1 Å². The summed E-state index contributed by atoms with van der Waals surface area (Å²) in [6, 6.07) is 16.4. The molecule has 2 aliphatic rings. The summed E-state index contributed by atoms with van der Waals surface area (Å²) in [5.41, 5.74) is 6.57. The topological polar surface area (TPSA) is 69.8 Å². The second-order valence-corrected chi connectivity index (χ2v) is 9.95. The number of aliphatic hydroxyl groups excluding tert-OH is 1. The molecule has 1 unspecified atom stereocenters. The lowest BCUT2D eigenvalue weighted by Gasteiger charge is -2.32. The Hall–Kier alpha value is -3.31. The molecule has 184 valence electrons. The van der Waals surface area contributed by atoms with Crippen LogP contribution >= 0.6 is 0 Å². The van der Waals surface area contributed by atoms with E-state index in [9.17, 15) is 9.90 Å². The van der Waals surface area contributed by atoms with Crippen LogP contribution in [-0.4, -0.2) is 18.1 Å². The van der Waals surface area contributed by atoms with Crippen molar-refractivity contribution in [3.63, 3.8) is 0 Å². The summed E-state index contributed by atoms with van der Waals surface area (Å²) in [7, 11) is 1.81. The Morgan fingerprint density at radius 2 is 1.71 bits per heavy atom. The molecule has 0 fully saturated rings. The van der Waals surface area contributed by atoms with Crippen molar-refractivity contribution < 1.29 is 9.90 Å². The molecule has 0 heterocycles. The lowest BCUT2D eigenvalue weighted by molar-refractivity contribution is -0.121. The molecule has 0 saturated heterocycles. The predicted octanol–water partition coefficient (Wildman–Crippen LogP) is 6.54. The molecule has 0 saturated carbocycles. The highest BCUT2D eigenvalue weighted by Gasteiger charge is 2.32. The van der Waals surface area contributed by atoms with Gasteiger partial charge in [-0.3, -0.25) is 4.79 Å². The van der Waals surface area contributed by atoms with Gasteiger partial charge >= 0.3 is 0 Å². The molecule has 0 aromatic heterocycles. The third kappa shape index (κ3) is 5.85. The van der Waals surface area contributed by atoms with Gasteiger partial charge in [-0.25, -0.2) is 5.84 Å². The maximum atomic E-state index is 14.2. The number of allylic oxidation sites excluding steroid dienone is 4. The normalized spacial score (nSPS) is 20.4. The van der Waals surface area contributed by atoms with Crippen molar-refractivity contribution in [1.82, 2.24) is 0 Å². The summed E-state index contributed by atoms with van der Waals surface area (Å²) in [5, 5.41) is 11.7. The van der Waals surface area contributed by atoms with Gasteiger partial charge in [-0.1, -0.05) is 49.8 Å². The van der Waals surface area contributed by atoms with Crippen molar-refractivity contribution >= 4 is 17.3 Å². The second kappa shape index (κ2) is 11.0. The Bertz CT molecular complexity index is 1130. The Balaban J connectivity index is 1.69. The zero-order chi connectivity index (χ0) is 24.9. The summed E-state index contributed by atoms with van der Waals surface area (Å²) >= 11 is 0. The minimum Gasteiger partial charge on any atom is -0.508 e. The van der Waals surface area contributed by atoms with Crippen LogP contribution in [0, 0.1) is 5.92 Å². The van der Waals surface area contributed by atoms with Crippen LogP contribution in [0.1, 0.15) is 63.0 Å². The minimum absolute atomic E-state index is 0.114. The molecular weight excluding hydrogens is 434 g/mol. The first kappa shape index (κ1) is 24.8. The minimum atomic E-state index is -0.208. The van der Waals surface area contributed by atoms with Crippen LogP contribution in [0.5, 0.6) is 0 Å². The molecule has 2 aromatic rings. The fraction of sp³-hybridized carbons (Fsp3) is 0.367. The summed E-state index contributed by atoms with van der Waals surface area (Å²) < 4.78 is 0. The zero-order valence-corrected chi connectivity index (χ0v) is 21.1. The highest BCUT2D eigenvalue weighted by molar-refractivity contribution is 5.97. The van der Waals surface area contributed by atoms with E-state index < -0.39 is 0 Å². The van der Waals surface area contributed by atoms with E-state index >= 15 is 0 Å². The first-order valence-corrected chi connectivity index (χ1v) is 12.6. The Morgan fingerprint density at radius 1 is 1.03 bits per heavy atom. The van der Waals surface area contributed by atoms with Crippen molar-refractivity contribution in [2.45, 2.75) is 58.4 Å². The van der Waals surface area contributed by atoms with Gasteiger partial charge in [0.1, 0.15) is 5.76 Å². The van der Waals surface area contributed by atoms with Crippen LogP contribution in [0.2, 0.25) is 0 Å². The molecule has 1 atom stereocenters. The van der Waals surface area contributed by atoms with E-state index in [1.54, 1.807) is 11.1 Å². The van der Waals surface area contributed by atoms with Gasteiger partial charge in [-0.15, -0.1) is 0 Å². The number of hydrogen-bond donors (Lipinski definition) is 2. The number of nitrogens with two attached hydrogens (primary N) is 1. The average molecular weight is 472 g/mol. The number of carbonyl (C=O) groups excluding carboxylic acids is 1. The Kier molecular flexibility index (Phi) is 7.76. The Morgan fingerprint density at radius 3 is 2.37 bits per heavy atom. The van der Waals surface area contributed by atoms with Crippen molar-refractivity contribution in [3.05, 3.63) is 94.8 Å². The van der Waals surface area contributed by atoms with Gasteiger partial charge in [-0.2, -0.15) is 0 Å². The quantitative estimate of drug-likeness (QED) is 0.371. The fourth-order valence-electron chi connectivity index (χ4n) is 5.01. The lowest BCUT2D eigenvalue weighted by atomic mass is 9.79. The SMILES string of the molecule is CC(C)c1ccc(N(Cc2ccc(N(C)N)cc2)C(=O)C2CCCC3=C2/C=C\C(O)=C/CC3)cc1. The van der Waals surface area contributed by atoms with Gasteiger partial charge < -0.3 is 15.0 Å². The molecule has 4 rings (SSSR count). The molecule has 3 N–H and O–H groups in total. The van der Waals surface area contributed by atoms with Crippen LogP contribution in [0.3, 0.4) is 0 Å². The van der Waals surface area contributed by atoms with Crippen LogP contribution in [0.25, 0.3) is 0 Å². The third-order valence-electron chi connectivity index (χ3n) is 7.11. The van der Waals surface area contributed by atoms with Gasteiger partial charge in [0.25, 0.3) is 0 Å². The maximum absolute atomic E-state index is 14.2. The molecule has 2 aliphatic carbocycles. The van der Waals surface area contributed by atoms with E-state index in [1.165, 1.54) is 11.1 Å². The number of hydrazine groups is 1. The van der Waals surface area contributed by atoms with Crippen molar-refractivity contribution in [2.24, 2.45) is 11.8 Å². The number of rotatable bonds is 6. The molecular formula is C30H37N3O2. The number of carbonyl (C=O) groups is 1. The van der Waals surface area contributed by atoms with E-state index in [1.807, 2.05) is 48.4 Å². The van der Waals surface area contributed by atoms with Crippen molar-refractivity contribution in [1.29, 1.82) is 0 Å². The number of aliphatic hydroxyl groups is 1. The fourth-order valence-corrected chi connectivity index (χ4v) is 5.01. The van der Waals surface area contributed by atoms with Gasteiger partial charge in [0, 0.05) is 12.7 Å². The van der Waals surface area contributed by atoms with Crippen LogP contribution in [0.4, 0.5) is 11.4 Å². The number of hydrogen-bond acceptors (Lipinski definition) is 4. The number of nitrogens with zero attached hydrogens (tertiary/aromatic N) is 2. The van der Waals surface area contributed by atoms with Gasteiger partial charge in [0.15, 0.2) is 0 Å². The van der Waals surface area contributed by atoms with Gasteiger partial charge in [-0.05, 0) is 91.1 Å². The largest absolute Gasteiger partial charge is 0.508 e. The molecule has 0 spiro atoms. The third-order valence-corrected chi connectivity index (χ3v) is 7.11. The van der Waals surface area contributed by atoms with Crippen molar-refractivity contribution in [2.75, 3.05) is 17.0 Å². The van der Waals surface area contributed by atoms with Gasteiger partial charge in [0.05, 0.1) is 18.2 Å². The lowest BCUT2D eigenvalue weighted by Crippen LogP contribution is -2.37. The van der Waals surface area contributed by atoms with Crippen LogP contribution in [-0.2, 0) is 11.3 Å². The van der Waals surface area contributed by atoms with E-state index in [0.717, 1.165) is 54.6 Å². The Labute approximate surface area is 209 Å². The first-order chi connectivity index (χ1) is 16.8. The summed E-state index contributed by atoms with van der Waals surface area (Å²) in [6.45, 7) is 4.84. The summed E-state index contributed by atoms with van der Waals surface area (Å²) in [4.78, 5) is 16.1. The predicted molar refractivity (Wildman–Crippen MR) is 144 cm³/mol. The highest BCUT2D eigenvalue weighted by atomic mass is 16.3. The number of anilines is 2. The first-order valence-electron chi connectivity index (χ1n) is 12.6. The molecule has 5 nitrogen and oxygen atoms in total. The smallest absolute Gasteiger partial charge is 0.234 e. The zero-order valence-electron chi connectivity index (χ0n) is 21.1. The molecule has 5 heteroatoms. The molecule has 0 radical (unpaired) electrons. The van der Waals surface area contributed by atoms with Crippen LogP contribution < -0.4 is 15.8 Å². The summed E-state index contributed by atoms with van der Waals surface area (Å²) in [5.74, 6) is 6.49. The second-order valence-electron chi connectivity index (χ2n) is 9.95. The number of benzene rings is 2. The van der Waals surface area contributed by atoms with Gasteiger partial charge in [0.2, 0.25) is 5.91 Å². The standard InChI is InChI=1S/C30H37N3O2/c1-21(2)23-12-16-26(17-13-23)33(20-22-10-14-25(15-11-22)32(3)31)30(35)29-9-5-7-24-6-4-8-27(34)18-19-28(24)29/h8,10-19,21,29,34H,4-7,9,20,31H2,1-3H3/b19-18-,27-8+. The monoisotopic (exact) mass is 471 g/mol. The number of amides is 1. The highest BCUT2D eigenvalue weighted by Crippen LogP contribution is 2.37. The summed E-state index contributed by atoms with van der Waals surface area (Å²) in [6.07, 6.45) is 10.1.